The van der Waals surface area contributed by atoms with Crippen LogP contribution in [0.25, 0.3) is 0 Å². The molecule has 3 atom stereocenters. The second kappa shape index (κ2) is 16.7. The van der Waals surface area contributed by atoms with Gasteiger partial charge in [0, 0.05) is 25.2 Å². The predicted molar refractivity (Wildman–Crippen MR) is 135 cm³/mol. The van der Waals surface area contributed by atoms with E-state index in [1.54, 1.807) is 7.05 Å². The summed E-state index contributed by atoms with van der Waals surface area (Å²) < 4.78 is 0. The Balaban J connectivity index is 0.00000235. The first-order valence-electron chi connectivity index (χ1n) is 12.7. The van der Waals surface area contributed by atoms with Gasteiger partial charge in [-0.1, -0.05) is 66.4 Å². The molecule has 2 N–H and O–H groups in total. The lowest BCUT2D eigenvalue weighted by Gasteiger charge is -2.35. The molecule has 33 heavy (non-hydrogen) atoms. The average molecular weight is 468 g/mol. The van der Waals surface area contributed by atoms with Crippen molar-refractivity contribution in [2.45, 2.75) is 112 Å². The van der Waals surface area contributed by atoms with E-state index in [9.17, 15) is 14.4 Å². The molecule has 0 bridgehead atoms. The Morgan fingerprint density at radius 2 is 1.70 bits per heavy atom. The zero-order chi connectivity index (χ0) is 25.6. The quantitative estimate of drug-likeness (QED) is 0.463. The molecule has 1 saturated heterocycles. The van der Waals surface area contributed by atoms with Gasteiger partial charge in [-0.05, 0) is 45.6 Å². The Bertz CT molecular complexity index is 631. The fraction of sp³-hybridized carbons (Fsp3) is 0.808. The number of carboxylic acid groups (broad SMARTS) is 1. The van der Waals surface area contributed by atoms with E-state index in [1.807, 2.05) is 13.8 Å². The highest BCUT2D eigenvalue weighted by Gasteiger charge is 2.34. The molecule has 0 spiro atoms. The first-order chi connectivity index (χ1) is 15.5. The summed E-state index contributed by atoms with van der Waals surface area (Å²) in [6.45, 7) is 15.1. The maximum atomic E-state index is 13.2. The number of carboxylic acids is 1. The van der Waals surface area contributed by atoms with Crippen LogP contribution in [0.5, 0.6) is 0 Å². The number of carbonyl (C=O) groups excluding carboxylic acids is 2. The Morgan fingerprint density at radius 1 is 1.09 bits per heavy atom. The van der Waals surface area contributed by atoms with Gasteiger partial charge in [-0.15, -0.1) is 0 Å². The molecule has 192 valence electrons. The van der Waals surface area contributed by atoms with Gasteiger partial charge in [0.15, 0.2) is 0 Å². The topological polar surface area (TPSA) is 90.0 Å². The Morgan fingerprint density at radius 3 is 2.18 bits per heavy atom. The number of aliphatic carboxylic acids is 1. The number of amides is 2. The second-order valence-electron chi connectivity index (χ2n) is 9.50. The molecule has 1 aliphatic heterocycles. The number of unbranched alkanes of at least 4 members (excludes halogenated alkanes) is 1. The molecule has 1 heterocycles. The number of nitrogens with one attached hydrogen (secondary N) is 1. The molecule has 1 rings (SSSR count). The molecule has 1 aliphatic rings. The summed E-state index contributed by atoms with van der Waals surface area (Å²) in [5.41, 5.74) is 0.192. The van der Waals surface area contributed by atoms with Crippen molar-refractivity contribution in [3.8, 4) is 0 Å². The molecular weight excluding hydrogens is 418 g/mol. The minimum Gasteiger partial charge on any atom is -0.478 e. The molecule has 7 nitrogen and oxygen atoms in total. The van der Waals surface area contributed by atoms with Crippen LogP contribution in [0, 0.1) is 5.92 Å². The Kier molecular flexibility index (Phi) is 15.7. The van der Waals surface area contributed by atoms with Crippen molar-refractivity contribution < 1.29 is 19.5 Å². The molecule has 0 aliphatic carbocycles. The van der Waals surface area contributed by atoms with Crippen LogP contribution < -0.4 is 5.32 Å². The summed E-state index contributed by atoms with van der Waals surface area (Å²) in [7, 11) is 1.63. The van der Waals surface area contributed by atoms with E-state index >= 15 is 0 Å². The summed E-state index contributed by atoms with van der Waals surface area (Å²) in [6, 6.07) is -0.516. The minimum absolute atomic E-state index is 0.0683. The van der Waals surface area contributed by atoms with Crippen molar-refractivity contribution >= 4 is 17.8 Å². The van der Waals surface area contributed by atoms with Gasteiger partial charge >= 0.3 is 5.97 Å². The van der Waals surface area contributed by atoms with E-state index in [0.717, 1.165) is 38.6 Å². The molecule has 0 saturated carbocycles. The van der Waals surface area contributed by atoms with E-state index < -0.39 is 12.0 Å². The van der Waals surface area contributed by atoms with Crippen LogP contribution >= 0.6 is 0 Å². The SMILES string of the molecule is CCC(C)N1CCCCCC1C(=O)NC(C(=O)N(C)C/C=C(\C)C(=O)O)C(C)C.CCCC. The smallest absolute Gasteiger partial charge is 0.331 e. The molecule has 0 aromatic heterocycles. The summed E-state index contributed by atoms with van der Waals surface area (Å²) in [4.78, 5) is 40.8. The van der Waals surface area contributed by atoms with Crippen LogP contribution in [0.2, 0.25) is 0 Å². The average Bonchev–Trinajstić information content (AvgIpc) is 3.05. The fourth-order valence-corrected chi connectivity index (χ4v) is 3.63. The second-order valence-corrected chi connectivity index (χ2v) is 9.50. The van der Waals surface area contributed by atoms with Crippen molar-refractivity contribution in [1.29, 1.82) is 0 Å². The third-order valence-electron chi connectivity index (χ3n) is 6.37. The highest BCUT2D eigenvalue weighted by atomic mass is 16.4. The van der Waals surface area contributed by atoms with E-state index in [1.165, 1.54) is 30.7 Å². The maximum absolute atomic E-state index is 13.2. The standard InChI is InChI=1S/C22H39N3O4.C4H10/c1-7-17(5)25-13-10-8-9-11-18(25)20(26)23-19(15(2)3)21(27)24(6)14-12-16(4)22(28)29;1-3-4-2/h12,15,17-19H,7-11,13-14H2,1-6H3,(H,23,26)(H,28,29);3-4H2,1-2H3/b16-12+;. The lowest BCUT2D eigenvalue weighted by atomic mass is 10.0. The van der Waals surface area contributed by atoms with Crippen LogP contribution in [-0.4, -0.2) is 71.0 Å². The molecule has 3 unspecified atom stereocenters. The summed E-state index contributed by atoms with van der Waals surface area (Å²) in [5, 5.41) is 12.0. The maximum Gasteiger partial charge on any atom is 0.331 e. The molecule has 7 heteroatoms. The van der Waals surface area contributed by atoms with E-state index in [4.69, 9.17) is 5.11 Å². The zero-order valence-electron chi connectivity index (χ0n) is 22.3. The van der Waals surface area contributed by atoms with Crippen LogP contribution in [0.1, 0.15) is 93.4 Å². The summed E-state index contributed by atoms with van der Waals surface area (Å²) in [5.74, 6) is -1.35. The first kappa shape index (κ1) is 31.1. The van der Waals surface area contributed by atoms with Crippen molar-refractivity contribution in [2.75, 3.05) is 20.1 Å². The van der Waals surface area contributed by atoms with Gasteiger partial charge in [-0.3, -0.25) is 14.5 Å². The number of likely N-dealkylation sites (tertiary alicyclic amines) is 1. The molecule has 0 aromatic carbocycles. The van der Waals surface area contributed by atoms with Gasteiger partial charge in [-0.2, -0.15) is 0 Å². The highest BCUT2D eigenvalue weighted by Crippen LogP contribution is 2.21. The number of hydrogen-bond acceptors (Lipinski definition) is 4. The molecule has 0 radical (unpaired) electrons. The third kappa shape index (κ3) is 11.2. The van der Waals surface area contributed by atoms with Gasteiger partial charge in [0.25, 0.3) is 0 Å². The van der Waals surface area contributed by atoms with E-state index in [-0.39, 0.29) is 35.9 Å². The predicted octanol–water partition coefficient (Wildman–Crippen LogP) is 4.47. The monoisotopic (exact) mass is 467 g/mol. The van der Waals surface area contributed by atoms with E-state index in [0.29, 0.717) is 6.04 Å². The van der Waals surface area contributed by atoms with Gasteiger partial charge in [0.05, 0.1) is 6.04 Å². The lowest BCUT2D eigenvalue weighted by molar-refractivity contribution is -0.138. The lowest BCUT2D eigenvalue weighted by Crippen LogP contribution is -2.56. The fourth-order valence-electron chi connectivity index (χ4n) is 3.63. The molecule has 2 amide bonds. The van der Waals surface area contributed by atoms with Crippen LogP contribution in [-0.2, 0) is 14.4 Å². The van der Waals surface area contributed by atoms with Gasteiger partial charge in [0.1, 0.15) is 6.04 Å². The number of hydrogen-bond donors (Lipinski definition) is 2. The summed E-state index contributed by atoms with van der Waals surface area (Å²) in [6.07, 6.45) is 9.18. The zero-order valence-corrected chi connectivity index (χ0v) is 22.3. The number of rotatable bonds is 10. The molecular formula is C26H49N3O4. The Labute approximate surface area is 202 Å². The van der Waals surface area contributed by atoms with Crippen LogP contribution in [0.3, 0.4) is 0 Å². The van der Waals surface area contributed by atoms with Crippen molar-refractivity contribution in [3.63, 3.8) is 0 Å². The van der Waals surface area contributed by atoms with Crippen molar-refractivity contribution in [3.05, 3.63) is 11.6 Å². The van der Waals surface area contributed by atoms with Crippen molar-refractivity contribution in [2.24, 2.45) is 5.92 Å². The minimum atomic E-state index is -1.00. The van der Waals surface area contributed by atoms with Gasteiger partial charge in [-0.25, -0.2) is 4.79 Å². The van der Waals surface area contributed by atoms with Crippen LogP contribution in [0.15, 0.2) is 11.6 Å². The van der Waals surface area contributed by atoms with E-state index in [2.05, 4.69) is 37.9 Å². The molecule has 0 aromatic rings. The van der Waals surface area contributed by atoms with Gasteiger partial charge in [0.2, 0.25) is 11.8 Å². The summed E-state index contributed by atoms with van der Waals surface area (Å²) >= 11 is 0. The number of likely N-dealkylation sites (N-methyl/N-ethyl adjacent to an activating group) is 1. The first-order valence-corrected chi connectivity index (χ1v) is 12.7. The highest BCUT2D eigenvalue weighted by molar-refractivity contribution is 5.90. The number of nitrogens with zero attached hydrogens (tertiary/aromatic N) is 2. The van der Waals surface area contributed by atoms with Crippen molar-refractivity contribution in [1.82, 2.24) is 15.1 Å². The molecule has 1 fully saturated rings. The largest absolute Gasteiger partial charge is 0.478 e. The van der Waals surface area contributed by atoms with Gasteiger partial charge < -0.3 is 15.3 Å². The number of carbonyl (C=O) groups is 3. The Hall–Kier alpha value is -1.89. The normalized spacial score (nSPS) is 19.1. The van der Waals surface area contributed by atoms with Crippen LogP contribution in [0.4, 0.5) is 0 Å². The third-order valence-corrected chi connectivity index (χ3v) is 6.37.